The molecular weight excluding hydrogens is 264 g/mol. The average molecular weight is 272 g/mol. The monoisotopic (exact) mass is 272 g/mol. The minimum Gasteiger partial charge on any atom is -0.478 e. The van der Waals surface area contributed by atoms with E-state index < -0.39 is 5.97 Å². The van der Waals surface area contributed by atoms with Gasteiger partial charge in [0.25, 0.3) is 0 Å². The fourth-order valence-corrected chi connectivity index (χ4v) is 2.35. The number of hydrogen-bond acceptors (Lipinski definition) is 5. The number of rotatable bonds is 3. The molecule has 1 N–H and O–H groups in total. The quantitative estimate of drug-likeness (QED) is 0.792. The van der Waals surface area contributed by atoms with Crippen molar-refractivity contribution in [3.05, 3.63) is 47.6 Å². The molecule has 0 atom stereocenters. The molecule has 0 amide bonds. The van der Waals surface area contributed by atoms with Crippen molar-refractivity contribution >= 4 is 27.5 Å². The summed E-state index contributed by atoms with van der Waals surface area (Å²) in [5, 5.41) is 11.6. The van der Waals surface area contributed by atoms with Crippen LogP contribution in [-0.2, 0) is 0 Å². The van der Waals surface area contributed by atoms with E-state index >= 15 is 0 Å². The standard InChI is InChI=1S/C13H8N2O3S/c16-13(17)8-1-3-9(4-2-8)18-11-10-5-6-19-12(10)15-7-14-11/h1-7H,(H,16,17). The van der Waals surface area contributed by atoms with Crippen molar-refractivity contribution in [3.8, 4) is 11.6 Å². The summed E-state index contributed by atoms with van der Waals surface area (Å²) in [4.78, 5) is 19.8. The predicted octanol–water partition coefficient (Wildman–Crippen LogP) is 3.18. The summed E-state index contributed by atoms with van der Waals surface area (Å²) in [6.45, 7) is 0. The number of aromatic nitrogens is 2. The normalized spacial score (nSPS) is 10.5. The van der Waals surface area contributed by atoms with E-state index in [-0.39, 0.29) is 5.56 Å². The third-order valence-corrected chi connectivity index (χ3v) is 3.36. The summed E-state index contributed by atoms with van der Waals surface area (Å²) in [6, 6.07) is 8.07. The van der Waals surface area contributed by atoms with Gasteiger partial charge in [0.15, 0.2) is 0 Å². The maximum atomic E-state index is 10.8. The molecule has 2 heterocycles. The zero-order chi connectivity index (χ0) is 13.2. The second kappa shape index (κ2) is 4.66. The van der Waals surface area contributed by atoms with Gasteiger partial charge in [-0.1, -0.05) is 0 Å². The van der Waals surface area contributed by atoms with Crippen LogP contribution in [0, 0.1) is 0 Å². The minimum absolute atomic E-state index is 0.218. The molecule has 0 spiro atoms. The third-order valence-electron chi connectivity index (χ3n) is 2.54. The van der Waals surface area contributed by atoms with Crippen molar-refractivity contribution in [1.82, 2.24) is 9.97 Å². The molecule has 5 nitrogen and oxygen atoms in total. The first-order valence-corrected chi connectivity index (χ1v) is 6.31. The van der Waals surface area contributed by atoms with Crippen molar-refractivity contribution in [3.63, 3.8) is 0 Å². The van der Waals surface area contributed by atoms with Crippen LogP contribution >= 0.6 is 11.3 Å². The fraction of sp³-hybridized carbons (Fsp3) is 0. The summed E-state index contributed by atoms with van der Waals surface area (Å²) >= 11 is 1.51. The smallest absolute Gasteiger partial charge is 0.335 e. The van der Waals surface area contributed by atoms with E-state index in [9.17, 15) is 4.79 Å². The van der Waals surface area contributed by atoms with Crippen molar-refractivity contribution in [2.75, 3.05) is 0 Å². The van der Waals surface area contributed by atoms with Gasteiger partial charge in [-0.15, -0.1) is 11.3 Å². The summed E-state index contributed by atoms with van der Waals surface area (Å²) in [7, 11) is 0. The van der Waals surface area contributed by atoms with Gasteiger partial charge in [0.05, 0.1) is 10.9 Å². The van der Waals surface area contributed by atoms with Gasteiger partial charge in [-0.05, 0) is 35.7 Å². The molecule has 0 saturated carbocycles. The first-order valence-electron chi connectivity index (χ1n) is 5.43. The minimum atomic E-state index is -0.964. The van der Waals surface area contributed by atoms with Crippen LogP contribution in [0.25, 0.3) is 10.2 Å². The highest BCUT2D eigenvalue weighted by molar-refractivity contribution is 7.16. The molecule has 19 heavy (non-hydrogen) atoms. The Labute approximate surface area is 112 Å². The van der Waals surface area contributed by atoms with Crippen LogP contribution in [0.1, 0.15) is 10.4 Å². The van der Waals surface area contributed by atoms with Crippen molar-refractivity contribution in [2.24, 2.45) is 0 Å². The van der Waals surface area contributed by atoms with Crippen LogP contribution in [0.15, 0.2) is 42.0 Å². The molecule has 0 fully saturated rings. The molecule has 1 aromatic carbocycles. The fourth-order valence-electron chi connectivity index (χ4n) is 1.63. The summed E-state index contributed by atoms with van der Waals surface area (Å²) < 4.78 is 5.65. The van der Waals surface area contributed by atoms with E-state index in [2.05, 4.69) is 9.97 Å². The second-order valence-electron chi connectivity index (χ2n) is 3.75. The highest BCUT2D eigenvalue weighted by Crippen LogP contribution is 2.29. The first kappa shape index (κ1) is 11.6. The Bertz CT molecular complexity index is 737. The SMILES string of the molecule is O=C(O)c1ccc(Oc2ncnc3sccc23)cc1. The summed E-state index contributed by atoms with van der Waals surface area (Å²) in [5.41, 5.74) is 0.218. The number of thiophene rings is 1. The molecule has 3 rings (SSSR count). The molecule has 3 aromatic rings. The van der Waals surface area contributed by atoms with Gasteiger partial charge in [-0.3, -0.25) is 0 Å². The maximum Gasteiger partial charge on any atom is 0.335 e. The zero-order valence-corrected chi connectivity index (χ0v) is 10.4. The van der Waals surface area contributed by atoms with Crippen LogP contribution < -0.4 is 4.74 Å². The Kier molecular flexibility index (Phi) is 2.85. The van der Waals surface area contributed by atoms with Crippen molar-refractivity contribution in [2.45, 2.75) is 0 Å². The Morgan fingerprint density at radius 3 is 2.68 bits per heavy atom. The zero-order valence-electron chi connectivity index (χ0n) is 9.61. The van der Waals surface area contributed by atoms with E-state index in [1.54, 1.807) is 12.1 Å². The Balaban J connectivity index is 1.92. The molecule has 2 aromatic heterocycles. The largest absolute Gasteiger partial charge is 0.478 e. The Morgan fingerprint density at radius 2 is 1.95 bits per heavy atom. The lowest BCUT2D eigenvalue weighted by Gasteiger charge is -2.05. The molecule has 6 heteroatoms. The second-order valence-corrected chi connectivity index (χ2v) is 4.64. The van der Waals surface area contributed by atoms with E-state index in [0.717, 1.165) is 10.2 Å². The number of carboxylic acid groups (broad SMARTS) is 1. The van der Waals surface area contributed by atoms with Gasteiger partial charge < -0.3 is 9.84 Å². The van der Waals surface area contributed by atoms with Crippen LogP contribution in [0.4, 0.5) is 0 Å². The Hall–Kier alpha value is -2.47. The van der Waals surface area contributed by atoms with Crippen LogP contribution in [-0.4, -0.2) is 21.0 Å². The Morgan fingerprint density at radius 1 is 1.16 bits per heavy atom. The number of carbonyl (C=O) groups is 1. The predicted molar refractivity (Wildman–Crippen MR) is 70.9 cm³/mol. The molecule has 0 bridgehead atoms. The average Bonchev–Trinajstić information content (AvgIpc) is 2.89. The lowest BCUT2D eigenvalue weighted by Crippen LogP contribution is -1.95. The van der Waals surface area contributed by atoms with Gasteiger partial charge in [-0.25, -0.2) is 14.8 Å². The lowest BCUT2D eigenvalue weighted by molar-refractivity contribution is 0.0697. The molecule has 0 aliphatic heterocycles. The molecule has 0 unspecified atom stereocenters. The van der Waals surface area contributed by atoms with E-state index in [4.69, 9.17) is 9.84 Å². The number of carboxylic acids is 1. The van der Waals surface area contributed by atoms with Crippen molar-refractivity contribution in [1.29, 1.82) is 0 Å². The van der Waals surface area contributed by atoms with Gasteiger partial charge >= 0.3 is 5.97 Å². The topological polar surface area (TPSA) is 72.3 Å². The number of nitrogens with zero attached hydrogens (tertiary/aromatic N) is 2. The molecule has 0 radical (unpaired) electrons. The van der Waals surface area contributed by atoms with Crippen molar-refractivity contribution < 1.29 is 14.6 Å². The number of benzene rings is 1. The van der Waals surface area contributed by atoms with Crippen LogP contribution in [0.2, 0.25) is 0 Å². The lowest BCUT2D eigenvalue weighted by atomic mass is 10.2. The van der Waals surface area contributed by atoms with Crippen LogP contribution in [0.3, 0.4) is 0 Å². The number of aromatic carboxylic acids is 1. The maximum absolute atomic E-state index is 10.8. The molecule has 0 aliphatic rings. The van der Waals surface area contributed by atoms with Gasteiger partial charge in [0.2, 0.25) is 5.88 Å². The molecule has 0 aliphatic carbocycles. The number of hydrogen-bond donors (Lipinski definition) is 1. The van der Waals surface area contributed by atoms with E-state index in [1.165, 1.54) is 29.8 Å². The van der Waals surface area contributed by atoms with E-state index in [0.29, 0.717) is 11.6 Å². The summed E-state index contributed by atoms with van der Waals surface area (Å²) in [6.07, 6.45) is 1.44. The molecular formula is C13H8N2O3S. The van der Waals surface area contributed by atoms with Gasteiger partial charge in [-0.2, -0.15) is 0 Å². The third kappa shape index (κ3) is 2.25. The number of fused-ring (bicyclic) bond motifs is 1. The summed E-state index contributed by atoms with van der Waals surface area (Å²) in [5.74, 6) is 0.0411. The highest BCUT2D eigenvalue weighted by Gasteiger charge is 2.08. The van der Waals surface area contributed by atoms with Crippen LogP contribution in [0.5, 0.6) is 11.6 Å². The molecule has 0 saturated heterocycles. The van der Waals surface area contributed by atoms with E-state index in [1.807, 2.05) is 11.4 Å². The van der Waals surface area contributed by atoms with Gasteiger partial charge in [0.1, 0.15) is 16.9 Å². The first-order chi connectivity index (χ1) is 9.24. The van der Waals surface area contributed by atoms with Gasteiger partial charge in [0, 0.05) is 0 Å². The number of ether oxygens (including phenoxy) is 1. The molecule has 94 valence electrons. The highest BCUT2D eigenvalue weighted by atomic mass is 32.1.